The van der Waals surface area contributed by atoms with Gasteiger partial charge in [-0.1, -0.05) is 13.0 Å². The van der Waals surface area contributed by atoms with Crippen molar-refractivity contribution in [2.75, 3.05) is 0 Å². The Morgan fingerprint density at radius 1 is 1.18 bits per heavy atom. The topological polar surface area (TPSA) is 39.2 Å². The van der Waals surface area contributed by atoms with Gasteiger partial charge in [0.25, 0.3) is 0 Å². The van der Waals surface area contributed by atoms with Gasteiger partial charge in [-0.3, -0.25) is 0 Å². The highest BCUT2D eigenvalue weighted by Crippen LogP contribution is 2.23. The molecule has 1 aromatic heterocycles. The van der Waals surface area contributed by atoms with E-state index >= 15 is 0 Å². The highest BCUT2D eigenvalue weighted by atomic mass is 19.2. The maximum absolute atomic E-state index is 13.1. The van der Waals surface area contributed by atoms with E-state index < -0.39 is 17.7 Å². The predicted octanol–water partition coefficient (Wildman–Crippen LogP) is 3.17. The maximum Gasteiger partial charge on any atom is 0.159 e. The molecule has 0 saturated heterocycles. The van der Waals surface area contributed by atoms with Crippen LogP contribution in [0.4, 0.5) is 8.78 Å². The summed E-state index contributed by atoms with van der Waals surface area (Å²) in [5.74, 6) is -0.416. The van der Waals surface area contributed by atoms with Crippen LogP contribution in [0.25, 0.3) is 0 Å². The van der Waals surface area contributed by atoms with Crippen LogP contribution in [0.2, 0.25) is 0 Å². The van der Waals surface area contributed by atoms with Crippen LogP contribution >= 0.6 is 0 Å². The Bertz CT molecular complexity index is 522. The summed E-state index contributed by atoms with van der Waals surface area (Å²) >= 11 is 0. The van der Waals surface area contributed by atoms with E-state index in [4.69, 9.17) is 10.2 Å². The number of aryl methyl sites for hydroxylation is 1. The lowest BCUT2D eigenvalue weighted by molar-refractivity contribution is 0.451. The summed E-state index contributed by atoms with van der Waals surface area (Å²) in [6.07, 6.45) is 0.768. The van der Waals surface area contributed by atoms with Gasteiger partial charge in [0.15, 0.2) is 11.6 Å². The molecule has 1 unspecified atom stereocenters. The number of nitrogens with two attached hydrogens (primary N) is 1. The van der Waals surface area contributed by atoms with Gasteiger partial charge in [-0.2, -0.15) is 0 Å². The molecule has 2 nitrogen and oxygen atoms in total. The van der Waals surface area contributed by atoms with E-state index in [0.29, 0.717) is 11.3 Å². The van der Waals surface area contributed by atoms with Gasteiger partial charge in [0.1, 0.15) is 11.5 Å². The van der Waals surface area contributed by atoms with Crippen LogP contribution in [-0.4, -0.2) is 0 Å². The van der Waals surface area contributed by atoms with E-state index in [-0.39, 0.29) is 0 Å². The lowest BCUT2D eigenvalue weighted by Gasteiger charge is -2.09. The molecular formula is C13H13F2NO. The SMILES string of the molecule is CCc1ccc(C(N)c2ccc(F)c(F)c2)o1. The van der Waals surface area contributed by atoms with Gasteiger partial charge in [0.05, 0.1) is 6.04 Å². The lowest BCUT2D eigenvalue weighted by atomic mass is 10.1. The average molecular weight is 237 g/mol. The van der Waals surface area contributed by atoms with Crippen LogP contribution in [0.1, 0.15) is 30.0 Å². The molecule has 0 saturated carbocycles. The van der Waals surface area contributed by atoms with Crippen molar-refractivity contribution in [2.45, 2.75) is 19.4 Å². The third-order valence-electron chi connectivity index (χ3n) is 2.64. The van der Waals surface area contributed by atoms with E-state index in [1.54, 1.807) is 6.07 Å². The molecule has 4 heteroatoms. The first kappa shape index (κ1) is 11.8. The molecule has 0 aliphatic rings. The first-order chi connectivity index (χ1) is 8.11. The Balaban J connectivity index is 2.29. The molecule has 90 valence electrons. The normalized spacial score (nSPS) is 12.7. The molecule has 2 N–H and O–H groups in total. The molecule has 0 aliphatic heterocycles. The molecule has 0 radical (unpaired) electrons. The summed E-state index contributed by atoms with van der Waals surface area (Å²) in [5.41, 5.74) is 6.41. The maximum atomic E-state index is 13.1. The fourth-order valence-corrected chi connectivity index (χ4v) is 1.62. The van der Waals surface area contributed by atoms with Gasteiger partial charge in [0.2, 0.25) is 0 Å². The molecule has 2 rings (SSSR count). The van der Waals surface area contributed by atoms with Crippen LogP contribution < -0.4 is 5.73 Å². The highest BCUT2D eigenvalue weighted by molar-refractivity contribution is 5.27. The average Bonchev–Trinajstić information content (AvgIpc) is 2.80. The van der Waals surface area contributed by atoms with E-state index in [1.165, 1.54) is 6.07 Å². The van der Waals surface area contributed by atoms with Crippen LogP contribution in [0.3, 0.4) is 0 Å². The number of halogens is 2. The number of hydrogen-bond donors (Lipinski definition) is 1. The van der Waals surface area contributed by atoms with Crippen molar-refractivity contribution in [1.82, 2.24) is 0 Å². The largest absolute Gasteiger partial charge is 0.464 e. The molecule has 0 bridgehead atoms. The summed E-state index contributed by atoms with van der Waals surface area (Å²) in [7, 11) is 0. The van der Waals surface area contributed by atoms with Crippen LogP contribution in [0.5, 0.6) is 0 Å². The number of benzene rings is 1. The quantitative estimate of drug-likeness (QED) is 0.890. The number of furan rings is 1. The van der Waals surface area contributed by atoms with Crippen molar-refractivity contribution < 1.29 is 13.2 Å². The van der Waals surface area contributed by atoms with Gasteiger partial charge >= 0.3 is 0 Å². The molecule has 0 spiro atoms. The molecule has 17 heavy (non-hydrogen) atoms. The van der Waals surface area contributed by atoms with Crippen LogP contribution in [-0.2, 0) is 6.42 Å². The van der Waals surface area contributed by atoms with E-state index in [0.717, 1.165) is 24.3 Å². The van der Waals surface area contributed by atoms with Gasteiger partial charge in [-0.15, -0.1) is 0 Å². The van der Waals surface area contributed by atoms with Crippen molar-refractivity contribution in [1.29, 1.82) is 0 Å². The third-order valence-corrected chi connectivity index (χ3v) is 2.64. The molecule has 0 fully saturated rings. The summed E-state index contributed by atoms with van der Waals surface area (Å²) in [5, 5.41) is 0. The summed E-state index contributed by atoms with van der Waals surface area (Å²) in [6, 6.07) is 6.62. The molecule has 0 aliphatic carbocycles. The zero-order chi connectivity index (χ0) is 12.4. The van der Waals surface area contributed by atoms with Crippen molar-refractivity contribution in [3.8, 4) is 0 Å². The zero-order valence-electron chi connectivity index (χ0n) is 9.41. The molecule has 2 aromatic rings. The number of rotatable bonds is 3. The minimum atomic E-state index is -0.903. The predicted molar refractivity (Wildman–Crippen MR) is 60.5 cm³/mol. The molecule has 1 aromatic carbocycles. The Labute approximate surface area is 98.0 Å². The van der Waals surface area contributed by atoms with Crippen molar-refractivity contribution >= 4 is 0 Å². The standard InChI is InChI=1S/C13H13F2NO/c1-2-9-4-6-12(17-9)13(16)8-3-5-10(14)11(15)7-8/h3-7,13H,2,16H2,1H3. The lowest BCUT2D eigenvalue weighted by Crippen LogP contribution is -2.11. The molecular weight excluding hydrogens is 224 g/mol. The van der Waals surface area contributed by atoms with Gasteiger partial charge < -0.3 is 10.2 Å². The Morgan fingerprint density at radius 2 is 1.94 bits per heavy atom. The minimum Gasteiger partial charge on any atom is -0.464 e. The van der Waals surface area contributed by atoms with Gasteiger partial charge in [-0.05, 0) is 29.8 Å². The second-order valence-corrected chi connectivity index (χ2v) is 3.81. The second-order valence-electron chi connectivity index (χ2n) is 3.81. The monoisotopic (exact) mass is 237 g/mol. The highest BCUT2D eigenvalue weighted by Gasteiger charge is 2.15. The Hall–Kier alpha value is -1.68. The van der Waals surface area contributed by atoms with E-state index in [9.17, 15) is 8.78 Å². The van der Waals surface area contributed by atoms with Crippen molar-refractivity contribution in [2.24, 2.45) is 5.73 Å². The van der Waals surface area contributed by atoms with Crippen molar-refractivity contribution in [3.05, 3.63) is 59.1 Å². The van der Waals surface area contributed by atoms with E-state index in [1.807, 2.05) is 13.0 Å². The molecule has 1 heterocycles. The summed E-state index contributed by atoms with van der Waals surface area (Å²) in [6.45, 7) is 1.96. The fourth-order valence-electron chi connectivity index (χ4n) is 1.62. The third kappa shape index (κ3) is 2.36. The van der Waals surface area contributed by atoms with Crippen molar-refractivity contribution in [3.63, 3.8) is 0 Å². The zero-order valence-corrected chi connectivity index (χ0v) is 9.41. The Morgan fingerprint density at radius 3 is 2.53 bits per heavy atom. The smallest absolute Gasteiger partial charge is 0.159 e. The van der Waals surface area contributed by atoms with Gasteiger partial charge in [-0.25, -0.2) is 8.78 Å². The van der Waals surface area contributed by atoms with Crippen LogP contribution in [0.15, 0.2) is 34.7 Å². The number of hydrogen-bond acceptors (Lipinski definition) is 2. The Kier molecular flexibility index (Phi) is 3.24. The summed E-state index contributed by atoms with van der Waals surface area (Å²) in [4.78, 5) is 0. The summed E-state index contributed by atoms with van der Waals surface area (Å²) < 4.78 is 31.3. The molecule has 0 amide bonds. The molecule has 1 atom stereocenters. The first-order valence-electron chi connectivity index (χ1n) is 5.41. The van der Waals surface area contributed by atoms with Crippen LogP contribution in [0, 0.1) is 11.6 Å². The van der Waals surface area contributed by atoms with E-state index in [2.05, 4.69) is 0 Å². The second kappa shape index (κ2) is 4.67. The first-order valence-corrected chi connectivity index (χ1v) is 5.41. The minimum absolute atomic E-state index is 0.487. The van der Waals surface area contributed by atoms with Gasteiger partial charge in [0, 0.05) is 6.42 Å². The fraction of sp³-hybridized carbons (Fsp3) is 0.231.